The molecular formula is C30H33N3O7S. The Hall–Kier alpha value is -4.09. The lowest BCUT2D eigenvalue weighted by atomic mass is 9.95. The Morgan fingerprint density at radius 2 is 1.66 bits per heavy atom. The van der Waals surface area contributed by atoms with Gasteiger partial charge in [-0.1, -0.05) is 42.5 Å². The van der Waals surface area contributed by atoms with Gasteiger partial charge in [0.05, 0.1) is 26.5 Å². The van der Waals surface area contributed by atoms with E-state index in [9.17, 15) is 18.0 Å². The lowest BCUT2D eigenvalue weighted by Gasteiger charge is -2.38. The maximum Gasteiger partial charge on any atom is 0.263 e. The van der Waals surface area contributed by atoms with Crippen molar-refractivity contribution in [3.63, 3.8) is 0 Å². The fraction of sp³-hybridized carbons (Fsp3) is 0.333. The van der Waals surface area contributed by atoms with Crippen LogP contribution in [0.25, 0.3) is 0 Å². The summed E-state index contributed by atoms with van der Waals surface area (Å²) in [5.74, 6) is 0.213. The molecule has 0 radical (unpaired) electrons. The van der Waals surface area contributed by atoms with Crippen LogP contribution in [-0.4, -0.2) is 64.5 Å². The Labute approximate surface area is 239 Å². The number of rotatable bonds is 8. The van der Waals surface area contributed by atoms with Crippen molar-refractivity contribution in [3.8, 4) is 17.2 Å². The van der Waals surface area contributed by atoms with Gasteiger partial charge in [0.25, 0.3) is 5.91 Å². The van der Waals surface area contributed by atoms with Gasteiger partial charge in [0.15, 0.2) is 6.10 Å². The number of sulfonamides is 1. The molecule has 0 aliphatic carbocycles. The van der Waals surface area contributed by atoms with Crippen molar-refractivity contribution in [2.45, 2.75) is 30.4 Å². The van der Waals surface area contributed by atoms with E-state index >= 15 is 0 Å². The highest BCUT2D eigenvalue weighted by Gasteiger charge is 2.39. The fourth-order valence-corrected chi connectivity index (χ4v) is 6.81. The molecule has 0 saturated carbocycles. The van der Waals surface area contributed by atoms with Gasteiger partial charge in [0.1, 0.15) is 22.1 Å². The molecule has 1 N–H and O–H groups in total. The molecule has 1 atom stereocenters. The molecule has 1 fully saturated rings. The van der Waals surface area contributed by atoms with Crippen LogP contribution in [0.5, 0.6) is 17.2 Å². The van der Waals surface area contributed by atoms with Crippen molar-refractivity contribution in [1.29, 1.82) is 0 Å². The third-order valence-corrected chi connectivity index (χ3v) is 9.35. The Morgan fingerprint density at radius 3 is 2.37 bits per heavy atom. The number of fused-ring (bicyclic) bond motifs is 1. The van der Waals surface area contributed by atoms with Crippen molar-refractivity contribution in [2.75, 3.05) is 38.8 Å². The fourth-order valence-electron chi connectivity index (χ4n) is 5.17. The maximum absolute atomic E-state index is 13.8. The zero-order chi connectivity index (χ0) is 29.0. The molecule has 3 aromatic carbocycles. The second-order valence-electron chi connectivity index (χ2n) is 9.92. The number of amides is 2. The Kier molecular flexibility index (Phi) is 8.46. The third-order valence-electron chi connectivity index (χ3n) is 7.43. The molecule has 1 saturated heterocycles. The predicted molar refractivity (Wildman–Crippen MR) is 153 cm³/mol. The quantitative estimate of drug-likeness (QED) is 0.436. The maximum atomic E-state index is 13.8. The van der Waals surface area contributed by atoms with Gasteiger partial charge in [-0.3, -0.25) is 9.59 Å². The first-order valence-corrected chi connectivity index (χ1v) is 14.9. The second kappa shape index (κ2) is 12.2. The average Bonchev–Trinajstić information content (AvgIpc) is 3.02. The van der Waals surface area contributed by atoms with Crippen LogP contribution in [0.1, 0.15) is 18.4 Å². The molecule has 0 aromatic heterocycles. The minimum atomic E-state index is -3.88. The van der Waals surface area contributed by atoms with Gasteiger partial charge >= 0.3 is 0 Å². The lowest BCUT2D eigenvalue weighted by molar-refractivity contribution is -0.129. The highest BCUT2D eigenvalue weighted by molar-refractivity contribution is 7.89. The molecular weight excluding hydrogens is 546 g/mol. The Balaban J connectivity index is 1.28. The summed E-state index contributed by atoms with van der Waals surface area (Å²) in [5.41, 5.74) is 1.55. The number of carbonyl (C=O) groups is 2. The summed E-state index contributed by atoms with van der Waals surface area (Å²) < 4.78 is 44.9. The van der Waals surface area contributed by atoms with Gasteiger partial charge in [-0.2, -0.15) is 4.31 Å². The van der Waals surface area contributed by atoms with Crippen LogP contribution < -0.4 is 24.4 Å². The standard InChI is InChI=1S/C30H33N3O7S/c1-38-23-12-13-26(39-2)28(18-23)41(36,37)32-16-14-22(15-17-32)30(35)33-20-27(40-25-11-7-6-10-24(25)33)29(34)31-19-21-8-4-3-5-9-21/h3-13,18,22,27H,14-17,19-20H2,1-2H3,(H,31,34)/t27-/m0/s1. The SMILES string of the molecule is COc1ccc(OC)c(S(=O)(=O)N2CCC(C(=O)N3C[C@@H](C(=O)NCc4ccccc4)Oc4ccccc43)CC2)c1. The van der Waals surface area contributed by atoms with Gasteiger partial charge in [-0.25, -0.2) is 8.42 Å². The van der Waals surface area contributed by atoms with Gasteiger partial charge in [0.2, 0.25) is 15.9 Å². The molecule has 0 unspecified atom stereocenters. The van der Waals surface area contributed by atoms with E-state index < -0.39 is 22.0 Å². The Bertz CT molecular complexity index is 1510. The minimum absolute atomic E-state index is 0.0237. The monoisotopic (exact) mass is 579 g/mol. The van der Waals surface area contributed by atoms with Crippen molar-refractivity contribution in [2.24, 2.45) is 5.92 Å². The lowest BCUT2D eigenvalue weighted by Crippen LogP contribution is -2.53. The zero-order valence-electron chi connectivity index (χ0n) is 23.0. The van der Waals surface area contributed by atoms with Crippen molar-refractivity contribution < 1.29 is 32.2 Å². The zero-order valence-corrected chi connectivity index (χ0v) is 23.8. The Morgan fingerprint density at radius 1 is 0.951 bits per heavy atom. The van der Waals surface area contributed by atoms with Crippen LogP contribution in [0.15, 0.2) is 77.7 Å². The number of nitrogens with one attached hydrogen (secondary N) is 1. The smallest absolute Gasteiger partial charge is 0.263 e. The molecule has 41 heavy (non-hydrogen) atoms. The summed E-state index contributed by atoms with van der Waals surface area (Å²) in [6.45, 7) is 0.758. The summed E-state index contributed by atoms with van der Waals surface area (Å²) in [4.78, 5) is 28.5. The molecule has 2 aliphatic heterocycles. The molecule has 2 aliphatic rings. The van der Waals surface area contributed by atoms with Crippen LogP contribution in [0.2, 0.25) is 0 Å². The van der Waals surface area contributed by atoms with Crippen LogP contribution in [0.3, 0.4) is 0 Å². The average molecular weight is 580 g/mol. The summed E-state index contributed by atoms with van der Waals surface area (Å²) in [5, 5.41) is 2.90. The number of anilines is 1. The van der Waals surface area contributed by atoms with E-state index in [1.807, 2.05) is 36.4 Å². The first-order chi connectivity index (χ1) is 19.8. The number of piperidine rings is 1. The number of methoxy groups -OCH3 is 2. The molecule has 3 aromatic rings. The van der Waals surface area contributed by atoms with Crippen LogP contribution >= 0.6 is 0 Å². The highest BCUT2D eigenvalue weighted by atomic mass is 32.2. The number of nitrogens with zero attached hydrogens (tertiary/aromatic N) is 2. The van der Waals surface area contributed by atoms with Gasteiger partial charge in [-0.05, 0) is 42.7 Å². The first-order valence-electron chi connectivity index (χ1n) is 13.4. The van der Waals surface area contributed by atoms with E-state index in [1.54, 1.807) is 35.2 Å². The highest BCUT2D eigenvalue weighted by Crippen LogP contribution is 2.37. The van der Waals surface area contributed by atoms with E-state index in [2.05, 4.69) is 5.32 Å². The van der Waals surface area contributed by atoms with E-state index in [0.29, 0.717) is 36.6 Å². The largest absolute Gasteiger partial charge is 0.497 e. The van der Waals surface area contributed by atoms with Crippen LogP contribution in [0.4, 0.5) is 5.69 Å². The molecule has 2 amide bonds. The number of carbonyl (C=O) groups excluding carboxylic acids is 2. The second-order valence-corrected chi connectivity index (χ2v) is 11.8. The number of para-hydroxylation sites is 2. The molecule has 5 rings (SSSR count). The van der Waals surface area contributed by atoms with Crippen molar-refractivity contribution in [1.82, 2.24) is 9.62 Å². The summed E-state index contributed by atoms with van der Waals surface area (Å²) >= 11 is 0. The van der Waals surface area contributed by atoms with Crippen LogP contribution in [0, 0.1) is 5.92 Å². The first kappa shape index (κ1) is 28.4. The summed E-state index contributed by atoms with van der Waals surface area (Å²) in [6.07, 6.45) is -0.192. The minimum Gasteiger partial charge on any atom is -0.497 e. The molecule has 0 spiro atoms. The van der Waals surface area contributed by atoms with Crippen LogP contribution in [-0.2, 0) is 26.2 Å². The molecule has 11 heteroatoms. The summed E-state index contributed by atoms with van der Waals surface area (Å²) in [6, 6.07) is 21.3. The van der Waals surface area contributed by atoms with Gasteiger partial charge in [0, 0.05) is 31.6 Å². The predicted octanol–water partition coefficient (Wildman–Crippen LogP) is 3.22. The summed E-state index contributed by atoms with van der Waals surface area (Å²) in [7, 11) is -0.992. The number of hydrogen-bond donors (Lipinski definition) is 1. The molecule has 0 bridgehead atoms. The third kappa shape index (κ3) is 6.01. The van der Waals surface area contributed by atoms with E-state index in [0.717, 1.165) is 5.56 Å². The van der Waals surface area contributed by atoms with Crippen molar-refractivity contribution in [3.05, 3.63) is 78.4 Å². The van der Waals surface area contributed by atoms with Gasteiger partial charge in [-0.15, -0.1) is 0 Å². The van der Waals surface area contributed by atoms with E-state index in [-0.39, 0.29) is 42.1 Å². The molecule has 2 heterocycles. The van der Waals surface area contributed by atoms with Gasteiger partial charge < -0.3 is 24.4 Å². The number of ether oxygens (including phenoxy) is 3. The molecule has 10 nitrogen and oxygen atoms in total. The topological polar surface area (TPSA) is 114 Å². The number of hydrogen-bond acceptors (Lipinski definition) is 7. The van der Waals surface area contributed by atoms with Crippen molar-refractivity contribution >= 4 is 27.5 Å². The normalized spacial score (nSPS) is 17.7. The molecule has 216 valence electrons. The number of benzene rings is 3. The van der Waals surface area contributed by atoms with E-state index in [4.69, 9.17) is 14.2 Å². The van der Waals surface area contributed by atoms with E-state index in [1.165, 1.54) is 24.6 Å².